The van der Waals surface area contributed by atoms with E-state index in [-0.39, 0.29) is 24.3 Å². The van der Waals surface area contributed by atoms with Gasteiger partial charge in [0.2, 0.25) is 5.51 Å². The van der Waals surface area contributed by atoms with Gasteiger partial charge in [0.25, 0.3) is 0 Å². The molecule has 0 aliphatic heterocycles. The van der Waals surface area contributed by atoms with Crippen LogP contribution in [0.1, 0.15) is 48.2 Å². The van der Waals surface area contributed by atoms with Crippen molar-refractivity contribution >= 4 is 17.3 Å². The number of carbonyl (C=O) groups is 1. The second-order valence-corrected chi connectivity index (χ2v) is 10.2. The minimum Gasteiger partial charge on any atom is -1.00 e. The molecule has 0 radical (unpaired) electrons. The van der Waals surface area contributed by atoms with Crippen LogP contribution in [0.5, 0.6) is 0 Å². The van der Waals surface area contributed by atoms with Crippen molar-refractivity contribution in [3.8, 4) is 0 Å². The van der Waals surface area contributed by atoms with Gasteiger partial charge in [0, 0.05) is 18.9 Å². The van der Waals surface area contributed by atoms with Gasteiger partial charge < -0.3 is 17.1 Å². The van der Waals surface area contributed by atoms with E-state index < -0.39 is 0 Å². The fraction of sp³-hybridized carbons (Fsp3) is 0.583. The van der Waals surface area contributed by atoms with Crippen LogP contribution in [0.4, 0.5) is 0 Å². The lowest BCUT2D eigenvalue weighted by Crippen LogP contribution is -3.00. The van der Waals surface area contributed by atoms with Crippen LogP contribution in [0.15, 0.2) is 35.8 Å². The number of nitrogens with zero attached hydrogens (tertiary/aromatic N) is 1. The zero-order chi connectivity index (χ0) is 19.1. The lowest BCUT2D eigenvalue weighted by atomic mass is 9.52. The van der Waals surface area contributed by atoms with Crippen molar-refractivity contribution < 1.29 is 26.5 Å². The smallest absolute Gasteiger partial charge is 0.309 e. The number of aromatic nitrogens is 1. The number of thiazole rings is 1. The lowest BCUT2D eigenvalue weighted by Gasteiger charge is -2.53. The Morgan fingerprint density at radius 3 is 2.38 bits per heavy atom. The molecule has 1 heterocycles. The highest BCUT2D eigenvalue weighted by Crippen LogP contribution is 2.56. The van der Waals surface area contributed by atoms with Gasteiger partial charge in [0.1, 0.15) is 0 Å². The predicted molar refractivity (Wildman–Crippen MR) is 110 cm³/mol. The Balaban J connectivity index is 0.00000205. The fourth-order valence-electron chi connectivity index (χ4n) is 6.28. The maximum absolute atomic E-state index is 12.8. The first-order chi connectivity index (χ1) is 13.7. The van der Waals surface area contributed by atoms with Gasteiger partial charge in [-0.3, -0.25) is 4.79 Å². The number of esters is 1. The van der Waals surface area contributed by atoms with E-state index in [9.17, 15) is 4.79 Å². The Hall–Kier alpha value is -1.39. The molecule has 4 aliphatic rings. The Labute approximate surface area is 183 Å². The number of hydrogen-bond acceptors (Lipinski definition) is 3. The van der Waals surface area contributed by atoms with E-state index in [1.54, 1.807) is 11.3 Å². The number of halogens is 1. The van der Waals surface area contributed by atoms with Crippen molar-refractivity contribution in [1.82, 2.24) is 0 Å². The number of benzene rings is 1. The second kappa shape index (κ2) is 8.77. The molecule has 0 unspecified atom stereocenters. The summed E-state index contributed by atoms with van der Waals surface area (Å²) < 4.78 is 8.11. The van der Waals surface area contributed by atoms with Gasteiger partial charge in [0.15, 0.2) is 12.2 Å². The minimum atomic E-state index is 0. The molecule has 0 saturated heterocycles. The molecule has 0 spiro atoms. The average Bonchev–Trinajstić information content (AvgIpc) is 3.02. The van der Waals surface area contributed by atoms with Crippen molar-refractivity contribution in [3.63, 3.8) is 0 Å². The summed E-state index contributed by atoms with van der Waals surface area (Å²) in [7, 11) is 0. The van der Waals surface area contributed by atoms with Crippen molar-refractivity contribution in [2.45, 2.75) is 52.0 Å². The molecule has 4 bridgehead atoms. The van der Waals surface area contributed by atoms with E-state index in [0.29, 0.717) is 18.4 Å². The molecule has 1 aromatic heterocycles. The van der Waals surface area contributed by atoms with E-state index >= 15 is 0 Å². The van der Waals surface area contributed by atoms with E-state index in [0.717, 1.165) is 24.8 Å². The van der Waals surface area contributed by atoms with Crippen LogP contribution in [0.3, 0.4) is 0 Å². The zero-order valence-electron chi connectivity index (χ0n) is 17.1. The largest absolute Gasteiger partial charge is 1.00 e. The number of ether oxygens (including phenoxy) is 1. The van der Waals surface area contributed by atoms with Gasteiger partial charge in [-0.2, -0.15) is 4.57 Å². The first-order valence-electron chi connectivity index (χ1n) is 10.8. The molecule has 0 amide bonds. The van der Waals surface area contributed by atoms with Crippen molar-refractivity contribution in [2.24, 2.45) is 29.6 Å². The molecular weight excluding hydrogens is 402 g/mol. The van der Waals surface area contributed by atoms with Crippen molar-refractivity contribution in [3.05, 3.63) is 52.0 Å². The van der Waals surface area contributed by atoms with Gasteiger partial charge in [-0.15, -0.1) is 0 Å². The maximum atomic E-state index is 12.8. The van der Waals surface area contributed by atoms with Crippen molar-refractivity contribution in [1.29, 1.82) is 0 Å². The van der Waals surface area contributed by atoms with Gasteiger partial charge in [-0.1, -0.05) is 41.7 Å². The topological polar surface area (TPSA) is 30.2 Å². The molecule has 156 valence electrons. The summed E-state index contributed by atoms with van der Waals surface area (Å²) in [6.07, 6.45) is 7.35. The summed E-state index contributed by atoms with van der Waals surface area (Å²) in [5, 5.41) is 0. The molecule has 5 heteroatoms. The summed E-state index contributed by atoms with van der Waals surface area (Å²) in [6.45, 7) is 3.60. The van der Waals surface area contributed by atoms with Crippen molar-refractivity contribution in [2.75, 3.05) is 6.61 Å². The van der Waals surface area contributed by atoms with Gasteiger partial charge in [-0.05, 0) is 55.8 Å². The van der Waals surface area contributed by atoms with E-state index in [1.165, 1.54) is 48.2 Å². The number of hydrogen-bond donors (Lipinski definition) is 0. The molecule has 1 aromatic carbocycles. The van der Waals surface area contributed by atoms with Gasteiger partial charge in [0.05, 0.1) is 17.4 Å². The highest BCUT2D eigenvalue weighted by Gasteiger charge is 2.51. The minimum absolute atomic E-state index is 0. The van der Waals surface area contributed by atoms with Gasteiger partial charge in [-0.25, -0.2) is 0 Å². The average molecular weight is 432 g/mol. The highest BCUT2D eigenvalue weighted by atomic mass is 35.5. The van der Waals surface area contributed by atoms with Crippen LogP contribution < -0.4 is 17.0 Å². The molecule has 6 rings (SSSR count). The molecule has 4 saturated carbocycles. The Morgan fingerprint density at radius 1 is 1.07 bits per heavy atom. The van der Waals surface area contributed by atoms with E-state index in [1.807, 2.05) is 0 Å². The van der Waals surface area contributed by atoms with Crippen LogP contribution >= 0.6 is 11.3 Å². The van der Waals surface area contributed by atoms with E-state index in [4.69, 9.17) is 4.74 Å². The molecule has 0 N–H and O–H groups in total. The Bertz CT molecular complexity index is 822. The third-order valence-corrected chi connectivity index (χ3v) is 8.57. The summed E-state index contributed by atoms with van der Waals surface area (Å²) in [5.74, 6) is 3.32. The number of rotatable bonds is 6. The highest BCUT2D eigenvalue weighted by molar-refractivity contribution is 7.09. The van der Waals surface area contributed by atoms with E-state index in [2.05, 4.69) is 47.3 Å². The fourth-order valence-corrected chi connectivity index (χ4v) is 7.25. The predicted octanol–water partition coefficient (Wildman–Crippen LogP) is 1.55. The van der Waals surface area contributed by atoms with Crippen LogP contribution in [0, 0.1) is 36.5 Å². The Kier molecular flexibility index (Phi) is 6.31. The summed E-state index contributed by atoms with van der Waals surface area (Å²) in [5.41, 5.74) is 4.80. The number of carbonyl (C=O) groups excluding carboxylic acids is 1. The summed E-state index contributed by atoms with van der Waals surface area (Å²) in [4.78, 5) is 14.2. The quantitative estimate of drug-likeness (QED) is 0.513. The molecule has 0 atom stereocenters. The zero-order valence-corrected chi connectivity index (χ0v) is 18.6. The lowest BCUT2D eigenvalue weighted by molar-refractivity contribution is -0.689. The maximum Gasteiger partial charge on any atom is 0.309 e. The SMILES string of the molecule is Cc1c(CCOC(=O)C2C3CC4CC(C3)CC2C4)sc[n+]1Cc1ccccc1.[Cl-]. The molecule has 3 nitrogen and oxygen atoms in total. The standard InChI is InChI=1S/C24H30NO2S.ClH/c1-16-22(28-15-25(16)14-17-5-3-2-4-6-17)7-8-27-24(26)23-20-10-18-9-19(12-20)13-21(23)11-18;/h2-6,15,18-21,23H,7-14H2,1H3;1H/q+1;/p-1. The third-order valence-electron chi connectivity index (χ3n) is 7.42. The molecular formula is C24H30ClNO2S. The van der Waals surface area contributed by atoms with Crippen LogP contribution in [0.25, 0.3) is 0 Å². The monoisotopic (exact) mass is 431 g/mol. The molecule has 4 fully saturated rings. The normalized spacial score (nSPS) is 29.5. The molecule has 29 heavy (non-hydrogen) atoms. The second-order valence-electron chi connectivity index (χ2n) is 9.22. The summed E-state index contributed by atoms with van der Waals surface area (Å²) >= 11 is 1.78. The Morgan fingerprint density at radius 2 is 1.72 bits per heavy atom. The first-order valence-corrected chi connectivity index (χ1v) is 11.7. The molecule has 4 aliphatic carbocycles. The van der Waals surface area contributed by atoms with Crippen LogP contribution in [-0.4, -0.2) is 12.6 Å². The first kappa shape index (κ1) is 20.9. The van der Waals surface area contributed by atoms with Gasteiger partial charge >= 0.3 is 5.97 Å². The van der Waals surface area contributed by atoms with Crippen LogP contribution in [0.2, 0.25) is 0 Å². The van der Waals surface area contributed by atoms with Crippen LogP contribution in [-0.2, 0) is 22.5 Å². The summed E-state index contributed by atoms with van der Waals surface area (Å²) in [6, 6.07) is 10.6. The third kappa shape index (κ3) is 4.25. The molecule has 2 aromatic rings.